The van der Waals surface area contributed by atoms with Crippen molar-refractivity contribution >= 4 is 39.3 Å². The van der Waals surface area contributed by atoms with E-state index >= 15 is 0 Å². The molecule has 2 aromatic carbocycles. The van der Waals surface area contributed by atoms with Gasteiger partial charge in [0.2, 0.25) is 15.9 Å². The minimum atomic E-state index is -3.48. The fraction of sp³-hybridized carbons (Fsp3) is 0.316. The molecule has 0 unspecified atom stereocenters. The van der Waals surface area contributed by atoms with Gasteiger partial charge in [-0.25, -0.2) is 17.1 Å². The number of amides is 1. The Morgan fingerprint density at radius 3 is 2.52 bits per heavy atom. The van der Waals surface area contributed by atoms with Crippen molar-refractivity contribution in [3.63, 3.8) is 0 Å². The maximum Gasteiger partial charge on any atom is 0.242 e. The van der Waals surface area contributed by atoms with Crippen molar-refractivity contribution < 1.29 is 22.3 Å². The van der Waals surface area contributed by atoms with Gasteiger partial charge in [-0.05, 0) is 36.4 Å². The molecule has 0 aromatic heterocycles. The van der Waals surface area contributed by atoms with Crippen LogP contribution in [-0.4, -0.2) is 51.6 Å². The molecule has 1 amide bonds. The van der Waals surface area contributed by atoms with E-state index in [1.807, 2.05) is 0 Å². The van der Waals surface area contributed by atoms with Crippen LogP contribution < -0.4 is 10.1 Å². The summed E-state index contributed by atoms with van der Waals surface area (Å²) in [5.74, 6) is 0.390. The van der Waals surface area contributed by atoms with Crippen molar-refractivity contribution in [2.75, 3.05) is 33.0 Å². The Morgan fingerprint density at radius 2 is 1.90 bits per heavy atom. The number of sulfonamides is 1. The van der Waals surface area contributed by atoms with E-state index in [-0.39, 0.29) is 35.5 Å². The van der Waals surface area contributed by atoms with Crippen LogP contribution in [0, 0.1) is 5.82 Å². The van der Waals surface area contributed by atoms with Crippen LogP contribution in [0.3, 0.4) is 0 Å². The Labute approximate surface area is 179 Å². The van der Waals surface area contributed by atoms with Crippen LogP contribution in [-0.2, 0) is 20.6 Å². The summed E-state index contributed by atoms with van der Waals surface area (Å²) in [6.45, 7) is 0.521. The molecule has 0 aliphatic rings. The Morgan fingerprint density at radius 1 is 1.21 bits per heavy atom. The number of hydrogen-bond acceptors (Lipinski definition) is 5. The molecule has 2 aromatic rings. The lowest BCUT2D eigenvalue weighted by atomic mass is 10.2. The molecular formula is C19H22ClFN2O4S2. The molecule has 158 valence electrons. The smallest absolute Gasteiger partial charge is 0.242 e. The number of benzene rings is 2. The SMILES string of the molecule is CN(C)S(=O)(=O)c1ccc(OCCNC(=O)CSCc2c(F)cccc2Cl)cc1. The maximum atomic E-state index is 13.7. The predicted molar refractivity (Wildman–Crippen MR) is 113 cm³/mol. The number of carbonyl (C=O) groups is 1. The van der Waals surface area contributed by atoms with Crippen LogP contribution in [0.4, 0.5) is 4.39 Å². The van der Waals surface area contributed by atoms with Gasteiger partial charge in [-0.2, -0.15) is 0 Å². The summed E-state index contributed by atoms with van der Waals surface area (Å²) in [5.41, 5.74) is 0.384. The van der Waals surface area contributed by atoms with Gasteiger partial charge in [0.15, 0.2) is 0 Å². The fourth-order valence-corrected chi connectivity index (χ4v) is 4.34. The van der Waals surface area contributed by atoms with Crippen molar-refractivity contribution in [1.82, 2.24) is 9.62 Å². The van der Waals surface area contributed by atoms with E-state index in [9.17, 15) is 17.6 Å². The highest BCUT2D eigenvalue weighted by atomic mass is 35.5. The zero-order chi connectivity index (χ0) is 21.4. The predicted octanol–water partition coefficient (Wildman–Crippen LogP) is 3.16. The molecule has 0 fully saturated rings. The zero-order valence-corrected chi connectivity index (χ0v) is 18.4. The van der Waals surface area contributed by atoms with Gasteiger partial charge in [-0.1, -0.05) is 17.7 Å². The Balaban J connectivity index is 1.69. The van der Waals surface area contributed by atoms with Gasteiger partial charge in [-0.3, -0.25) is 4.79 Å². The van der Waals surface area contributed by atoms with E-state index in [1.165, 1.54) is 50.1 Å². The van der Waals surface area contributed by atoms with E-state index in [1.54, 1.807) is 18.2 Å². The molecule has 2 rings (SSSR count). The van der Waals surface area contributed by atoms with Crippen molar-refractivity contribution in [2.45, 2.75) is 10.6 Å². The largest absolute Gasteiger partial charge is 0.492 e. The van der Waals surface area contributed by atoms with Gasteiger partial charge in [0.05, 0.1) is 17.2 Å². The van der Waals surface area contributed by atoms with E-state index in [2.05, 4.69) is 5.32 Å². The number of nitrogens with one attached hydrogen (secondary N) is 1. The highest BCUT2D eigenvalue weighted by molar-refractivity contribution is 7.99. The zero-order valence-electron chi connectivity index (χ0n) is 16.0. The normalized spacial score (nSPS) is 11.5. The fourth-order valence-electron chi connectivity index (χ4n) is 2.25. The lowest BCUT2D eigenvalue weighted by Gasteiger charge is -2.12. The highest BCUT2D eigenvalue weighted by Crippen LogP contribution is 2.23. The topological polar surface area (TPSA) is 75.7 Å². The van der Waals surface area contributed by atoms with Gasteiger partial charge >= 0.3 is 0 Å². The molecule has 0 atom stereocenters. The summed E-state index contributed by atoms with van der Waals surface area (Å²) in [5, 5.41) is 3.05. The third-order valence-corrected chi connectivity index (χ3v) is 6.98. The molecule has 1 N–H and O–H groups in total. The van der Waals surface area contributed by atoms with Crippen molar-refractivity contribution in [2.24, 2.45) is 0 Å². The summed E-state index contributed by atoms with van der Waals surface area (Å²) in [6, 6.07) is 10.5. The second-order valence-corrected chi connectivity index (χ2v) is 9.69. The third kappa shape index (κ3) is 6.88. The van der Waals surface area contributed by atoms with Gasteiger partial charge in [0.25, 0.3) is 0 Å². The van der Waals surface area contributed by atoms with Crippen LogP contribution in [0.1, 0.15) is 5.56 Å². The molecule has 0 aliphatic carbocycles. The molecule has 0 bridgehead atoms. The second-order valence-electron chi connectivity index (χ2n) is 6.15. The minimum absolute atomic E-state index is 0.168. The molecule has 29 heavy (non-hydrogen) atoms. The van der Waals surface area contributed by atoms with Gasteiger partial charge in [-0.15, -0.1) is 11.8 Å². The lowest BCUT2D eigenvalue weighted by Crippen LogP contribution is -2.29. The summed E-state index contributed by atoms with van der Waals surface area (Å²) >= 11 is 7.21. The van der Waals surface area contributed by atoms with Crippen LogP contribution >= 0.6 is 23.4 Å². The maximum absolute atomic E-state index is 13.7. The summed E-state index contributed by atoms with van der Waals surface area (Å²) < 4.78 is 44.3. The molecule has 10 heteroatoms. The Hall–Kier alpha value is -1.81. The minimum Gasteiger partial charge on any atom is -0.492 e. The Kier molecular flexibility index (Phi) is 8.76. The summed E-state index contributed by atoms with van der Waals surface area (Å²) in [6.07, 6.45) is 0. The average molecular weight is 461 g/mol. The lowest BCUT2D eigenvalue weighted by molar-refractivity contribution is -0.118. The average Bonchev–Trinajstić information content (AvgIpc) is 2.68. The van der Waals surface area contributed by atoms with E-state index in [0.29, 0.717) is 22.1 Å². The molecule has 0 saturated heterocycles. The first-order valence-corrected chi connectivity index (χ1v) is 11.6. The van der Waals surface area contributed by atoms with E-state index < -0.39 is 10.0 Å². The van der Waals surface area contributed by atoms with Gasteiger partial charge in [0, 0.05) is 30.4 Å². The second kappa shape index (κ2) is 10.8. The van der Waals surface area contributed by atoms with E-state index in [4.69, 9.17) is 16.3 Å². The number of ether oxygens (including phenoxy) is 1. The molecule has 0 spiro atoms. The molecular weight excluding hydrogens is 439 g/mol. The summed E-state index contributed by atoms with van der Waals surface area (Å²) in [7, 11) is -0.550. The van der Waals surface area contributed by atoms with Crippen LogP contribution in [0.2, 0.25) is 5.02 Å². The highest BCUT2D eigenvalue weighted by Gasteiger charge is 2.16. The molecule has 6 nitrogen and oxygen atoms in total. The van der Waals surface area contributed by atoms with E-state index in [0.717, 1.165) is 4.31 Å². The van der Waals surface area contributed by atoms with Crippen molar-refractivity contribution in [3.8, 4) is 5.75 Å². The number of halogens is 2. The number of rotatable bonds is 10. The van der Waals surface area contributed by atoms with Crippen LogP contribution in [0.15, 0.2) is 47.4 Å². The van der Waals surface area contributed by atoms with Crippen LogP contribution in [0.25, 0.3) is 0 Å². The molecule has 0 aliphatic heterocycles. The van der Waals surface area contributed by atoms with Gasteiger partial charge in [0.1, 0.15) is 18.2 Å². The number of carbonyl (C=O) groups excluding carboxylic acids is 1. The molecule has 0 saturated carbocycles. The molecule has 0 heterocycles. The first-order chi connectivity index (χ1) is 13.7. The number of thioether (sulfide) groups is 1. The number of hydrogen-bond donors (Lipinski definition) is 1. The first kappa shape index (κ1) is 23.5. The van der Waals surface area contributed by atoms with Crippen molar-refractivity contribution in [1.29, 1.82) is 0 Å². The van der Waals surface area contributed by atoms with Crippen LogP contribution in [0.5, 0.6) is 5.75 Å². The molecule has 0 radical (unpaired) electrons. The first-order valence-electron chi connectivity index (χ1n) is 8.64. The third-order valence-electron chi connectivity index (χ3n) is 3.84. The summed E-state index contributed by atoms with van der Waals surface area (Å²) in [4.78, 5) is 12.0. The van der Waals surface area contributed by atoms with Crippen molar-refractivity contribution in [3.05, 3.63) is 58.9 Å². The quantitative estimate of drug-likeness (QED) is 0.551. The van der Waals surface area contributed by atoms with Gasteiger partial charge < -0.3 is 10.1 Å². The monoisotopic (exact) mass is 460 g/mol. The Bertz CT molecular complexity index is 917. The number of nitrogens with zero attached hydrogens (tertiary/aromatic N) is 1. The standard InChI is InChI=1S/C19H22ClFN2O4S2/c1-23(2)29(25,26)15-8-6-14(7-9-15)27-11-10-22-19(24)13-28-12-16-17(20)4-3-5-18(16)21/h3-9H,10-13H2,1-2H3,(H,22,24).